The first-order valence-corrected chi connectivity index (χ1v) is 6.85. The van der Waals surface area contributed by atoms with Gasteiger partial charge in [0.2, 0.25) is 0 Å². The number of hydrogen-bond acceptors (Lipinski definition) is 3. The zero-order valence-electron chi connectivity index (χ0n) is 12.1. The molecule has 1 aromatic carbocycles. The minimum Gasteiger partial charge on any atom is -0.384 e. The molecule has 1 aliphatic rings. The Labute approximate surface area is 115 Å². The molecule has 1 saturated heterocycles. The molecule has 0 bridgehead atoms. The van der Waals surface area contributed by atoms with E-state index < -0.39 is 0 Å². The molecule has 1 aromatic rings. The van der Waals surface area contributed by atoms with Gasteiger partial charge in [-0.15, -0.1) is 0 Å². The van der Waals surface area contributed by atoms with Crippen molar-refractivity contribution in [1.29, 1.82) is 5.41 Å². The highest BCUT2D eigenvalue weighted by Crippen LogP contribution is 2.26. The molecule has 0 aromatic heterocycles. The van der Waals surface area contributed by atoms with Crippen LogP contribution in [0.3, 0.4) is 0 Å². The van der Waals surface area contributed by atoms with Crippen molar-refractivity contribution in [3.05, 3.63) is 29.3 Å². The Morgan fingerprint density at radius 2 is 1.95 bits per heavy atom. The molecule has 19 heavy (non-hydrogen) atoms. The molecule has 3 N–H and O–H groups in total. The van der Waals surface area contributed by atoms with Gasteiger partial charge >= 0.3 is 0 Å². The average Bonchev–Trinajstić information content (AvgIpc) is 2.38. The monoisotopic (exact) mass is 260 g/mol. The molecule has 1 fully saturated rings. The van der Waals surface area contributed by atoms with Crippen molar-refractivity contribution in [2.45, 2.75) is 25.8 Å². The lowest BCUT2D eigenvalue weighted by Gasteiger charge is -2.37. The van der Waals surface area contributed by atoms with Crippen LogP contribution < -0.4 is 10.6 Å². The summed E-state index contributed by atoms with van der Waals surface area (Å²) in [6.45, 7) is 4.10. The first-order chi connectivity index (χ1) is 8.99. The molecule has 0 unspecified atom stereocenters. The van der Waals surface area contributed by atoms with Crippen LogP contribution in [0.15, 0.2) is 18.2 Å². The molecule has 4 nitrogen and oxygen atoms in total. The van der Waals surface area contributed by atoms with E-state index in [9.17, 15) is 0 Å². The Morgan fingerprint density at radius 1 is 1.32 bits per heavy atom. The van der Waals surface area contributed by atoms with Crippen LogP contribution in [-0.2, 0) is 0 Å². The number of benzene rings is 1. The minimum atomic E-state index is 0.161. The summed E-state index contributed by atoms with van der Waals surface area (Å²) in [7, 11) is 4.29. The second kappa shape index (κ2) is 5.61. The average molecular weight is 260 g/mol. The predicted molar refractivity (Wildman–Crippen MR) is 81.1 cm³/mol. The van der Waals surface area contributed by atoms with Crippen LogP contribution in [0.25, 0.3) is 0 Å². The summed E-state index contributed by atoms with van der Waals surface area (Å²) < 4.78 is 0. The van der Waals surface area contributed by atoms with Gasteiger partial charge in [-0.2, -0.15) is 0 Å². The normalized spacial score (nSPS) is 16.9. The van der Waals surface area contributed by atoms with Crippen LogP contribution in [0.2, 0.25) is 0 Å². The molecular formula is C15H24N4. The van der Waals surface area contributed by atoms with Crippen LogP contribution >= 0.6 is 0 Å². The Balaban J connectivity index is 2.17. The van der Waals surface area contributed by atoms with Crippen molar-refractivity contribution in [3.63, 3.8) is 0 Å². The molecule has 4 heteroatoms. The molecule has 0 saturated carbocycles. The van der Waals surface area contributed by atoms with Gasteiger partial charge in [-0.25, -0.2) is 0 Å². The number of amidine groups is 1. The standard InChI is InChI=1S/C15H24N4/c1-11-4-5-14(13(10-11)15(16)17)19-8-6-12(7-9-19)18(2)3/h4-5,10,12H,6-9H2,1-3H3,(H3,16,17). The minimum absolute atomic E-state index is 0.161. The third kappa shape index (κ3) is 3.07. The summed E-state index contributed by atoms with van der Waals surface area (Å²) >= 11 is 0. The van der Waals surface area contributed by atoms with Gasteiger partial charge in [0.25, 0.3) is 0 Å². The fourth-order valence-corrected chi connectivity index (χ4v) is 2.76. The second-order valence-electron chi connectivity index (χ2n) is 5.62. The van der Waals surface area contributed by atoms with E-state index in [-0.39, 0.29) is 5.84 Å². The quantitative estimate of drug-likeness (QED) is 0.644. The smallest absolute Gasteiger partial charge is 0.124 e. The first-order valence-electron chi connectivity index (χ1n) is 6.85. The van der Waals surface area contributed by atoms with E-state index in [1.54, 1.807) is 0 Å². The van der Waals surface area contributed by atoms with E-state index in [4.69, 9.17) is 11.1 Å². The third-order valence-corrected chi connectivity index (χ3v) is 3.98. The van der Waals surface area contributed by atoms with Crippen LogP contribution in [-0.4, -0.2) is 44.0 Å². The van der Waals surface area contributed by atoms with Gasteiger partial charge in [0.05, 0.1) is 0 Å². The van der Waals surface area contributed by atoms with E-state index in [0.717, 1.165) is 42.7 Å². The zero-order chi connectivity index (χ0) is 14.0. The molecule has 1 heterocycles. The predicted octanol–water partition coefficient (Wildman–Crippen LogP) is 1.81. The summed E-state index contributed by atoms with van der Waals surface area (Å²) in [6.07, 6.45) is 2.33. The molecule has 0 radical (unpaired) electrons. The zero-order valence-corrected chi connectivity index (χ0v) is 12.1. The third-order valence-electron chi connectivity index (χ3n) is 3.98. The molecule has 0 atom stereocenters. The number of nitrogens with two attached hydrogens (primary N) is 1. The largest absolute Gasteiger partial charge is 0.384 e. The molecule has 0 aliphatic carbocycles. The Bertz CT molecular complexity index is 459. The SMILES string of the molecule is Cc1ccc(N2CCC(N(C)C)CC2)c(C(=N)N)c1. The van der Waals surface area contributed by atoms with Gasteiger partial charge in [0.15, 0.2) is 0 Å². The van der Waals surface area contributed by atoms with E-state index in [0.29, 0.717) is 6.04 Å². The lowest BCUT2D eigenvalue weighted by atomic mass is 10.0. The highest BCUT2D eigenvalue weighted by Gasteiger charge is 2.22. The van der Waals surface area contributed by atoms with Crippen molar-refractivity contribution in [2.75, 3.05) is 32.1 Å². The molecule has 0 spiro atoms. The maximum Gasteiger partial charge on any atom is 0.124 e. The first kappa shape index (κ1) is 13.9. The number of rotatable bonds is 3. The summed E-state index contributed by atoms with van der Waals surface area (Å²) in [4.78, 5) is 4.66. The number of nitrogens with zero attached hydrogens (tertiary/aromatic N) is 2. The molecule has 1 aliphatic heterocycles. The fraction of sp³-hybridized carbons (Fsp3) is 0.533. The number of nitrogen functional groups attached to an aromatic ring is 1. The van der Waals surface area contributed by atoms with Gasteiger partial charge in [-0.3, -0.25) is 5.41 Å². The van der Waals surface area contributed by atoms with Gasteiger partial charge in [0, 0.05) is 30.4 Å². The Morgan fingerprint density at radius 3 is 2.47 bits per heavy atom. The van der Waals surface area contributed by atoms with Crippen LogP contribution in [0.4, 0.5) is 5.69 Å². The van der Waals surface area contributed by atoms with E-state index in [1.165, 1.54) is 0 Å². The summed E-state index contributed by atoms with van der Waals surface area (Å²) in [6, 6.07) is 6.87. The summed E-state index contributed by atoms with van der Waals surface area (Å²) in [5, 5.41) is 7.74. The van der Waals surface area contributed by atoms with E-state index in [2.05, 4.69) is 36.0 Å². The van der Waals surface area contributed by atoms with Gasteiger partial charge < -0.3 is 15.5 Å². The summed E-state index contributed by atoms with van der Waals surface area (Å²) in [5.74, 6) is 0.161. The number of nitrogens with one attached hydrogen (secondary N) is 1. The Hall–Kier alpha value is -1.55. The van der Waals surface area contributed by atoms with Gasteiger partial charge in [-0.1, -0.05) is 11.6 Å². The lowest BCUT2D eigenvalue weighted by Crippen LogP contribution is -2.42. The fourth-order valence-electron chi connectivity index (χ4n) is 2.76. The van der Waals surface area contributed by atoms with E-state index >= 15 is 0 Å². The molecule has 104 valence electrons. The van der Waals surface area contributed by atoms with Gasteiger partial charge in [0.1, 0.15) is 5.84 Å². The number of anilines is 1. The highest BCUT2D eigenvalue weighted by molar-refractivity contribution is 6.00. The summed E-state index contributed by atoms with van der Waals surface area (Å²) in [5.41, 5.74) is 8.84. The number of piperidine rings is 1. The van der Waals surface area contributed by atoms with Crippen LogP contribution in [0, 0.1) is 12.3 Å². The van der Waals surface area contributed by atoms with Crippen LogP contribution in [0.1, 0.15) is 24.0 Å². The van der Waals surface area contributed by atoms with Gasteiger partial charge in [-0.05, 0) is 46.0 Å². The molecular weight excluding hydrogens is 236 g/mol. The maximum absolute atomic E-state index is 7.74. The molecule has 2 rings (SSSR count). The molecule has 0 amide bonds. The van der Waals surface area contributed by atoms with Crippen LogP contribution in [0.5, 0.6) is 0 Å². The van der Waals surface area contributed by atoms with Crippen molar-refractivity contribution >= 4 is 11.5 Å². The topological polar surface area (TPSA) is 56.4 Å². The maximum atomic E-state index is 7.74. The number of hydrogen-bond donors (Lipinski definition) is 2. The lowest BCUT2D eigenvalue weighted by molar-refractivity contribution is 0.249. The Kier molecular flexibility index (Phi) is 4.10. The number of aryl methyl sites for hydroxylation is 1. The van der Waals surface area contributed by atoms with Crippen molar-refractivity contribution in [1.82, 2.24) is 4.90 Å². The highest BCUT2D eigenvalue weighted by atomic mass is 15.2. The van der Waals surface area contributed by atoms with E-state index in [1.807, 2.05) is 13.0 Å². The van der Waals surface area contributed by atoms with Crippen molar-refractivity contribution in [3.8, 4) is 0 Å². The van der Waals surface area contributed by atoms with Crippen molar-refractivity contribution < 1.29 is 0 Å². The second-order valence-corrected chi connectivity index (χ2v) is 5.62. The van der Waals surface area contributed by atoms with Crippen molar-refractivity contribution in [2.24, 2.45) is 5.73 Å².